The van der Waals surface area contributed by atoms with Gasteiger partial charge in [-0.3, -0.25) is 9.52 Å². The molecule has 2 amide bonds. The van der Waals surface area contributed by atoms with Crippen LogP contribution in [0.1, 0.15) is 51.5 Å². The smallest absolute Gasteiger partial charge is 0.407 e. The molecule has 3 N–H and O–H groups in total. The lowest BCUT2D eigenvalue weighted by Crippen LogP contribution is -2.37. The highest BCUT2D eigenvalue weighted by molar-refractivity contribution is 7.93. The van der Waals surface area contributed by atoms with Crippen LogP contribution < -0.4 is 15.4 Å². The average molecular weight is 510 g/mol. The van der Waals surface area contributed by atoms with Crippen molar-refractivity contribution in [2.24, 2.45) is 11.8 Å². The van der Waals surface area contributed by atoms with Crippen LogP contribution >= 0.6 is 11.3 Å². The van der Waals surface area contributed by atoms with Gasteiger partial charge in [-0.2, -0.15) is 0 Å². The van der Waals surface area contributed by atoms with Crippen molar-refractivity contribution >= 4 is 44.2 Å². The van der Waals surface area contributed by atoms with Gasteiger partial charge in [0.1, 0.15) is 10.6 Å². The molecule has 3 rings (SSSR count). The first-order valence-electron chi connectivity index (χ1n) is 11.1. The molecule has 186 valence electrons. The molecule has 34 heavy (non-hydrogen) atoms. The van der Waals surface area contributed by atoms with Gasteiger partial charge in [-0.05, 0) is 83.6 Å². The fourth-order valence-corrected chi connectivity index (χ4v) is 5.47. The minimum Gasteiger partial charge on any atom is -0.444 e. The van der Waals surface area contributed by atoms with Gasteiger partial charge in [0.25, 0.3) is 10.0 Å². The Labute approximate surface area is 203 Å². The number of carbonyl (C=O) groups excluding carboxylic acids is 2. The van der Waals surface area contributed by atoms with Crippen LogP contribution in [0.3, 0.4) is 0 Å². The third-order valence-electron chi connectivity index (χ3n) is 5.33. The molecule has 1 heterocycles. The Kier molecular flexibility index (Phi) is 8.13. The van der Waals surface area contributed by atoms with Gasteiger partial charge in [0, 0.05) is 18.2 Å². The van der Waals surface area contributed by atoms with Crippen molar-refractivity contribution in [1.82, 2.24) is 15.5 Å². The number of ether oxygens (including phenoxy) is 1. The van der Waals surface area contributed by atoms with Gasteiger partial charge in [0.15, 0.2) is 0 Å². The second-order valence-electron chi connectivity index (χ2n) is 9.35. The number of anilines is 2. The Hall–Kier alpha value is -2.73. The number of carbonyl (C=O) groups is 2. The van der Waals surface area contributed by atoms with Crippen LogP contribution in [0.25, 0.3) is 0 Å². The number of sulfonamides is 1. The van der Waals surface area contributed by atoms with Crippen LogP contribution in [0.5, 0.6) is 0 Å². The number of nitrogens with zero attached hydrogens (tertiary/aromatic N) is 2. The summed E-state index contributed by atoms with van der Waals surface area (Å²) in [6, 6.07) is 6.00. The van der Waals surface area contributed by atoms with Gasteiger partial charge in [0.05, 0.1) is 4.90 Å². The third-order valence-corrected chi connectivity index (χ3v) is 7.57. The van der Waals surface area contributed by atoms with Crippen LogP contribution in [-0.4, -0.2) is 42.8 Å². The number of aromatic nitrogens is 2. The summed E-state index contributed by atoms with van der Waals surface area (Å²) in [6.45, 7) is 7.73. The van der Waals surface area contributed by atoms with Crippen LogP contribution in [0.15, 0.2) is 29.2 Å². The number of alkyl carbamates (subject to hydrolysis) is 1. The average Bonchev–Trinajstić information content (AvgIpc) is 3.15. The monoisotopic (exact) mass is 509 g/mol. The molecule has 0 atom stereocenters. The first-order chi connectivity index (χ1) is 15.9. The highest BCUT2D eigenvalue weighted by Gasteiger charge is 2.27. The largest absolute Gasteiger partial charge is 0.444 e. The van der Waals surface area contributed by atoms with Crippen molar-refractivity contribution in [2.75, 3.05) is 16.6 Å². The Morgan fingerprint density at radius 1 is 1.09 bits per heavy atom. The predicted molar refractivity (Wildman–Crippen MR) is 130 cm³/mol. The lowest BCUT2D eigenvalue weighted by molar-refractivity contribution is -0.121. The van der Waals surface area contributed by atoms with E-state index in [0.717, 1.165) is 37.0 Å². The van der Waals surface area contributed by atoms with E-state index in [1.165, 1.54) is 12.1 Å². The van der Waals surface area contributed by atoms with E-state index in [1.54, 1.807) is 19.1 Å². The normalized spacial score (nSPS) is 18.7. The topological polar surface area (TPSA) is 139 Å². The maximum Gasteiger partial charge on any atom is 0.407 e. The maximum absolute atomic E-state index is 12.7. The van der Waals surface area contributed by atoms with Crippen molar-refractivity contribution in [3.05, 3.63) is 29.3 Å². The molecule has 1 aromatic carbocycles. The van der Waals surface area contributed by atoms with Gasteiger partial charge in [-0.25, -0.2) is 13.2 Å². The van der Waals surface area contributed by atoms with Crippen LogP contribution in [0, 0.1) is 18.8 Å². The van der Waals surface area contributed by atoms with Crippen molar-refractivity contribution in [3.63, 3.8) is 0 Å². The molecule has 2 aromatic rings. The first kappa shape index (κ1) is 25.9. The highest BCUT2D eigenvalue weighted by Crippen LogP contribution is 2.29. The van der Waals surface area contributed by atoms with E-state index in [1.807, 2.05) is 20.8 Å². The summed E-state index contributed by atoms with van der Waals surface area (Å²) in [6.07, 6.45) is 2.70. The molecule has 10 nitrogen and oxygen atoms in total. The second kappa shape index (κ2) is 10.7. The standard InChI is InChI=1S/C22H31N5O5S2/c1-14-25-26-20(33-14)27-34(30,31)18-11-9-17(10-12-18)24-19(28)16-7-5-15(6-8-16)13-23-21(29)32-22(2,3)4/h9-12,15-16H,5-8,13H2,1-4H3,(H,23,29)(H,24,28)(H,26,27)/t15-,16-. The number of aryl methyl sites for hydroxylation is 1. The number of amides is 2. The third kappa shape index (κ3) is 7.66. The summed E-state index contributed by atoms with van der Waals surface area (Å²) in [5.74, 6) is 0.102. The zero-order valence-corrected chi connectivity index (χ0v) is 21.4. The van der Waals surface area contributed by atoms with Crippen molar-refractivity contribution in [3.8, 4) is 0 Å². The van der Waals surface area contributed by atoms with Crippen molar-refractivity contribution in [1.29, 1.82) is 0 Å². The number of hydrogen-bond donors (Lipinski definition) is 3. The Morgan fingerprint density at radius 3 is 2.29 bits per heavy atom. The lowest BCUT2D eigenvalue weighted by Gasteiger charge is -2.28. The Morgan fingerprint density at radius 2 is 1.74 bits per heavy atom. The first-order valence-corrected chi connectivity index (χ1v) is 13.4. The zero-order chi connectivity index (χ0) is 24.9. The molecule has 0 saturated heterocycles. The van der Waals surface area contributed by atoms with E-state index >= 15 is 0 Å². The van der Waals surface area contributed by atoms with Crippen LogP contribution in [0.4, 0.5) is 15.6 Å². The van der Waals surface area contributed by atoms with Gasteiger partial charge < -0.3 is 15.4 Å². The van der Waals surface area contributed by atoms with Crippen LogP contribution in [-0.2, 0) is 19.6 Å². The molecule has 1 aliphatic carbocycles. The summed E-state index contributed by atoms with van der Waals surface area (Å²) in [7, 11) is -3.79. The molecule has 1 fully saturated rings. The molecule has 0 aliphatic heterocycles. The molecule has 0 unspecified atom stereocenters. The molecule has 12 heteroatoms. The molecular weight excluding hydrogens is 478 g/mol. The zero-order valence-electron chi connectivity index (χ0n) is 19.8. The Bertz CT molecular complexity index is 1100. The minimum absolute atomic E-state index is 0.0661. The fourth-order valence-electron chi connectivity index (χ4n) is 3.64. The van der Waals surface area contributed by atoms with E-state index in [2.05, 4.69) is 25.6 Å². The lowest BCUT2D eigenvalue weighted by atomic mass is 9.81. The molecule has 1 saturated carbocycles. The quantitative estimate of drug-likeness (QED) is 0.514. The van der Waals surface area contributed by atoms with Crippen molar-refractivity contribution < 1.29 is 22.7 Å². The summed E-state index contributed by atoms with van der Waals surface area (Å²) < 4.78 is 32.6. The van der Waals surface area contributed by atoms with Crippen molar-refractivity contribution in [2.45, 2.75) is 63.9 Å². The minimum atomic E-state index is -3.79. The van der Waals surface area contributed by atoms with Gasteiger partial charge >= 0.3 is 6.09 Å². The number of rotatable bonds is 7. The highest BCUT2D eigenvalue weighted by atomic mass is 32.2. The maximum atomic E-state index is 12.7. The van der Waals surface area contributed by atoms with E-state index in [9.17, 15) is 18.0 Å². The van der Waals surface area contributed by atoms with E-state index < -0.39 is 21.7 Å². The van der Waals surface area contributed by atoms with Crippen LogP contribution in [0.2, 0.25) is 0 Å². The van der Waals surface area contributed by atoms with E-state index in [0.29, 0.717) is 23.2 Å². The number of nitrogens with one attached hydrogen (secondary N) is 3. The van der Waals surface area contributed by atoms with Gasteiger partial charge in [-0.15, -0.1) is 10.2 Å². The molecule has 0 radical (unpaired) electrons. The summed E-state index contributed by atoms with van der Waals surface area (Å²) >= 11 is 1.15. The predicted octanol–water partition coefficient (Wildman–Crippen LogP) is 3.92. The number of benzene rings is 1. The number of hydrogen-bond acceptors (Lipinski definition) is 8. The Balaban J connectivity index is 1.46. The molecule has 0 bridgehead atoms. The fraction of sp³-hybridized carbons (Fsp3) is 0.545. The summed E-state index contributed by atoms with van der Waals surface area (Å²) in [5, 5.41) is 14.1. The summed E-state index contributed by atoms with van der Waals surface area (Å²) in [4.78, 5) is 24.6. The molecule has 0 spiro atoms. The van der Waals surface area contributed by atoms with Gasteiger partial charge in [-0.1, -0.05) is 11.3 Å². The molecule has 1 aliphatic rings. The summed E-state index contributed by atoms with van der Waals surface area (Å²) in [5.41, 5.74) is 0.000745. The van der Waals surface area contributed by atoms with Gasteiger partial charge in [0.2, 0.25) is 11.0 Å². The second-order valence-corrected chi connectivity index (χ2v) is 12.2. The molecule has 1 aromatic heterocycles. The molecular formula is C22H31N5O5S2. The van der Waals surface area contributed by atoms with E-state index in [4.69, 9.17) is 4.74 Å². The van der Waals surface area contributed by atoms with E-state index in [-0.39, 0.29) is 21.9 Å². The SMILES string of the molecule is Cc1nnc(NS(=O)(=O)c2ccc(NC(=O)[C@H]3CC[C@H](CNC(=O)OC(C)(C)C)CC3)cc2)s1.